The summed E-state index contributed by atoms with van der Waals surface area (Å²) >= 11 is 0. The topological polar surface area (TPSA) is 12.5 Å². The van der Waals surface area contributed by atoms with Gasteiger partial charge in [-0.2, -0.15) is 0 Å². The molecule has 0 fully saturated rings. The molecule has 0 aliphatic rings. The van der Waals surface area contributed by atoms with E-state index in [1.54, 1.807) is 7.11 Å². The van der Waals surface area contributed by atoms with Gasteiger partial charge in [0.1, 0.15) is 5.75 Å². The van der Waals surface area contributed by atoms with Gasteiger partial charge in [-0.3, -0.25) is 0 Å². The van der Waals surface area contributed by atoms with Crippen molar-refractivity contribution in [1.82, 2.24) is 4.90 Å². The summed E-state index contributed by atoms with van der Waals surface area (Å²) in [6.07, 6.45) is 0. The normalized spacial score (nSPS) is 13.9. The Kier molecular flexibility index (Phi) is 4.21. The van der Waals surface area contributed by atoms with Crippen LogP contribution in [0.1, 0.15) is 44.9 Å². The Morgan fingerprint density at radius 3 is 2.18 bits per heavy atom. The molecule has 0 spiro atoms. The molecule has 0 heterocycles. The minimum atomic E-state index is 0.105. The van der Waals surface area contributed by atoms with Crippen LogP contribution in [0.15, 0.2) is 18.2 Å². The maximum atomic E-state index is 5.45. The van der Waals surface area contributed by atoms with E-state index in [4.69, 9.17) is 4.74 Å². The van der Waals surface area contributed by atoms with Gasteiger partial charge in [0.05, 0.1) is 7.11 Å². The molecule has 2 nitrogen and oxygen atoms in total. The number of ether oxygens (including phenoxy) is 1. The summed E-state index contributed by atoms with van der Waals surface area (Å²) in [5.41, 5.74) is 2.71. The third-order valence-corrected chi connectivity index (χ3v) is 3.29. The van der Waals surface area contributed by atoms with Gasteiger partial charge in [0.15, 0.2) is 0 Å². The Morgan fingerprint density at radius 1 is 1.18 bits per heavy atom. The summed E-state index contributed by atoms with van der Waals surface area (Å²) in [7, 11) is 5.94. The maximum absolute atomic E-state index is 5.45. The Morgan fingerprint density at radius 2 is 1.76 bits per heavy atom. The molecule has 0 aliphatic carbocycles. The third-order valence-electron chi connectivity index (χ3n) is 3.29. The van der Waals surface area contributed by atoms with Crippen LogP contribution in [0.3, 0.4) is 0 Å². The molecule has 0 saturated carbocycles. The molecule has 1 atom stereocenters. The second-order valence-electron chi connectivity index (χ2n) is 5.85. The first-order valence-corrected chi connectivity index (χ1v) is 6.12. The zero-order chi connectivity index (χ0) is 13.2. The quantitative estimate of drug-likeness (QED) is 0.793. The van der Waals surface area contributed by atoms with Crippen molar-refractivity contribution in [2.75, 3.05) is 21.2 Å². The third kappa shape index (κ3) is 3.22. The predicted octanol–water partition coefficient (Wildman–Crippen LogP) is 3.62. The van der Waals surface area contributed by atoms with Gasteiger partial charge in [0.25, 0.3) is 0 Å². The zero-order valence-corrected chi connectivity index (χ0v) is 12.2. The van der Waals surface area contributed by atoms with E-state index in [1.165, 1.54) is 11.1 Å². The Hall–Kier alpha value is -1.02. The molecule has 0 aromatic heterocycles. The van der Waals surface area contributed by atoms with Crippen LogP contribution in [0.2, 0.25) is 0 Å². The van der Waals surface area contributed by atoms with Gasteiger partial charge >= 0.3 is 0 Å². The van der Waals surface area contributed by atoms with Gasteiger partial charge in [-0.15, -0.1) is 0 Å². The second kappa shape index (κ2) is 5.09. The summed E-state index contributed by atoms with van der Waals surface area (Å²) in [6.45, 7) is 8.87. The van der Waals surface area contributed by atoms with Gasteiger partial charge in [0, 0.05) is 6.04 Å². The van der Waals surface area contributed by atoms with Crippen LogP contribution in [0, 0.1) is 0 Å². The fourth-order valence-electron chi connectivity index (χ4n) is 1.87. The number of hydrogen-bond donors (Lipinski definition) is 0. The van der Waals surface area contributed by atoms with E-state index in [-0.39, 0.29) is 5.41 Å². The maximum Gasteiger partial charge on any atom is 0.122 e. The number of benzene rings is 1. The van der Waals surface area contributed by atoms with Gasteiger partial charge in [0.2, 0.25) is 0 Å². The van der Waals surface area contributed by atoms with E-state index in [0.29, 0.717) is 6.04 Å². The SMILES string of the molecule is COc1ccc(C(C)N(C)C)cc1C(C)(C)C. The first-order chi connectivity index (χ1) is 7.77. The highest BCUT2D eigenvalue weighted by atomic mass is 16.5. The smallest absolute Gasteiger partial charge is 0.122 e. The lowest BCUT2D eigenvalue weighted by atomic mass is 9.84. The highest BCUT2D eigenvalue weighted by Crippen LogP contribution is 2.33. The van der Waals surface area contributed by atoms with Crippen molar-refractivity contribution < 1.29 is 4.74 Å². The highest BCUT2D eigenvalue weighted by molar-refractivity contribution is 5.42. The van der Waals surface area contributed by atoms with Gasteiger partial charge in [-0.05, 0) is 43.6 Å². The van der Waals surface area contributed by atoms with Crippen molar-refractivity contribution >= 4 is 0 Å². The summed E-state index contributed by atoms with van der Waals surface area (Å²) in [4.78, 5) is 2.22. The van der Waals surface area contributed by atoms with Crippen molar-refractivity contribution in [3.63, 3.8) is 0 Å². The lowest BCUT2D eigenvalue weighted by molar-refractivity contribution is 0.320. The first kappa shape index (κ1) is 14.0. The van der Waals surface area contributed by atoms with Crippen molar-refractivity contribution in [3.05, 3.63) is 29.3 Å². The molecule has 0 aliphatic heterocycles. The average molecular weight is 235 g/mol. The van der Waals surface area contributed by atoms with E-state index >= 15 is 0 Å². The standard InChI is InChI=1S/C15H25NO/c1-11(16(5)6)12-8-9-14(17-7)13(10-12)15(2,3)4/h8-11H,1-7H3. The van der Waals surface area contributed by atoms with Crippen LogP contribution in [0.4, 0.5) is 0 Å². The molecular weight excluding hydrogens is 210 g/mol. The lowest BCUT2D eigenvalue weighted by Gasteiger charge is -2.26. The molecule has 0 radical (unpaired) electrons. The molecule has 1 rings (SSSR count). The van der Waals surface area contributed by atoms with Crippen molar-refractivity contribution in [2.45, 2.75) is 39.2 Å². The number of methoxy groups -OCH3 is 1. The number of hydrogen-bond acceptors (Lipinski definition) is 2. The van der Waals surface area contributed by atoms with Crippen LogP contribution in [-0.2, 0) is 5.41 Å². The van der Waals surface area contributed by atoms with E-state index in [9.17, 15) is 0 Å². The summed E-state index contributed by atoms with van der Waals surface area (Å²) in [5, 5.41) is 0. The largest absolute Gasteiger partial charge is 0.496 e. The van der Waals surface area contributed by atoms with E-state index in [0.717, 1.165) is 5.75 Å². The fourth-order valence-corrected chi connectivity index (χ4v) is 1.87. The molecule has 1 aromatic rings. The fraction of sp³-hybridized carbons (Fsp3) is 0.600. The lowest BCUT2D eigenvalue weighted by Crippen LogP contribution is -2.19. The van der Waals surface area contributed by atoms with Crippen molar-refractivity contribution in [3.8, 4) is 5.75 Å². The van der Waals surface area contributed by atoms with Crippen LogP contribution in [0.25, 0.3) is 0 Å². The Balaban J connectivity index is 3.23. The van der Waals surface area contributed by atoms with Crippen LogP contribution < -0.4 is 4.74 Å². The van der Waals surface area contributed by atoms with Crippen LogP contribution in [-0.4, -0.2) is 26.1 Å². The van der Waals surface area contributed by atoms with E-state index < -0.39 is 0 Å². The number of rotatable bonds is 3. The minimum absolute atomic E-state index is 0.105. The number of nitrogens with zero attached hydrogens (tertiary/aromatic N) is 1. The molecular formula is C15H25NO. The van der Waals surface area contributed by atoms with Crippen LogP contribution in [0.5, 0.6) is 5.75 Å². The molecule has 1 aromatic carbocycles. The zero-order valence-electron chi connectivity index (χ0n) is 12.2. The van der Waals surface area contributed by atoms with Gasteiger partial charge in [-0.25, -0.2) is 0 Å². The Bertz CT molecular complexity index is 377. The van der Waals surface area contributed by atoms with Crippen LogP contribution >= 0.6 is 0 Å². The monoisotopic (exact) mass is 235 g/mol. The molecule has 0 amide bonds. The highest BCUT2D eigenvalue weighted by Gasteiger charge is 2.20. The first-order valence-electron chi connectivity index (χ1n) is 6.12. The molecule has 17 heavy (non-hydrogen) atoms. The summed E-state index contributed by atoms with van der Waals surface area (Å²) < 4.78 is 5.45. The Labute approximate surface area is 106 Å². The molecule has 96 valence electrons. The molecule has 2 heteroatoms. The van der Waals surface area contributed by atoms with E-state index in [1.807, 2.05) is 0 Å². The molecule has 0 N–H and O–H groups in total. The van der Waals surface area contributed by atoms with Gasteiger partial charge in [-0.1, -0.05) is 32.9 Å². The predicted molar refractivity (Wildman–Crippen MR) is 73.8 cm³/mol. The van der Waals surface area contributed by atoms with Gasteiger partial charge < -0.3 is 9.64 Å². The average Bonchev–Trinajstić information content (AvgIpc) is 2.25. The molecule has 1 unspecified atom stereocenters. The summed E-state index contributed by atoms with van der Waals surface area (Å²) in [6, 6.07) is 6.92. The molecule has 0 bridgehead atoms. The summed E-state index contributed by atoms with van der Waals surface area (Å²) in [5.74, 6) is 0.979. The molecule has 0 saturated heterocycles. The second-order valence-corrected chi connectivity index (χ2v) is 5.85. The minimum Gasteiger partial charge on any atom is -0.496 e. The van der Waals surface area contributed by atoms with Crippen molar-refractivity contribution in [2.24, 2.45) is 0 Å². The van der Waals surface area contributed by atoms with E-state index in [2.05, 4.69) is 64.9 Å². The van der Waals surface area contributed by atoms with Crippen molar-refractivity contribution in [1.29, 1.82) is 0 Å².